The first-order valence-electron chi connectivity index (χ1n) is 11.3. The van der Waals surface area contributed by atoms with Gasteiger partial charge in [-0.15, -0.1) is 0 Å². The fourth-order valence-corrected chi connectivity index (χ4v) is 4.10. The molecule has 0 spiro atoms. The van der Waals surface area contributed by atoms with E-state index in [0.717, 1.165) is 0 Å². The van der Waals surface area contributed by atoms with E-state index in [2.05, 4.69) is 4.98 Å². The number of hydrogen-bond donors (Lipinski definition) is 0. The average Bonchev–Trinajstić information content (AvgIpc) is 3.15. The molecule has 0 saturated carbocycles. The largest absolute Gasteiger partial charge is 0.486 e. The lowest BCUT2D eigenvalue weighted by Crippen LogP contribution is -2.34. The number of pyridine rings is 2. The number of benzene rings is 1. The van der Waals surface area contributed by atoms with Crippen LogP contribution in [0.25, 0.3) is 0 Å². The maximum absolute atomic E-state index is 13.2. The summed E-state index contributed by atoms with van der Waals surface area (Å²) in [7, 11) is 2.53. The predicted octanol–water partition coefficient (Wildman–Crippen LogP) is 2.09. The van der Waals surface area contributed by atoms with Crippen LogP contribution in [0.1, 0.15) is 42.5 Å². The fourth-order valence-electron chi connectivity index (χ4n) is 4.10. The fraction of sp³-hybridized carbons (Fsp3) is 0.269. The number of rotatable bonds is 6. The highest BCUT2D eigenvalue weighted by Crippen LogP contribution is 2.25. The van der Waals surface area contributed by atoms with E-state index in [1.165, 1.54) is 30.9 Å². The van der Waals surface area contributed by atoms with Gasteiger partial charge in [0.2, 0.25) is 0 Å². The lowest BCUT2D eigenvalue weighted by molar-refractivity contribution is 0.0586. The Kier molecular flexibility index (Phi) is 7.43. The third-order valence-corrected chi connectivity index (χ3v) is 5.90. The molecular weight excluding hydrogens is 466 g/mol. The zero-order valence-electron chi connectivity index (χ0n) is 19.9. The molecule has 0 aliphatic carbocycles. The van der Waals surface area contributed by atoms with E-state index >= 15 is 0 Å². The number of aromatic nitrogens is 2. The van der Waals surface area contributed by atoms with Crippen LogP contribution in [0.3, 0.4) is 0 Å². The number of carbonyl (C=O) groups excluding carboxylic acids is 3. The Bertz CT molecular complexity index is 1350. The minimum absolute atomic E-state index is 0.0644. The zero-order valence-corrected chi connectivity index (χ0v) is 19.9. The summed E-state index contributed by atoms with van der Waals surface area (Å²) in [5, 5.41) is 0. The van der Waals surface area contributed by atoms with Gasteiger partial charge in [0.25, 0.3) is 11.5 Å². The first kappa shape index (κ1) is 24.6. The quantitative estimate of drug-likeness (QED) is 0.481. The van der Waals surface area contributed by atoms with E-state index in [1.54, 1.807) is 41.4 Å². The summed E-state index contributed by atoms with van der Waals surface area (Å²) in [5.74, 6) is -1.37. The van der Waals surface area contributed by atoms with Crippen molar-refractivity contribution in [1.82, 2.24) is 14.5 Å². The molecule has 1 aliphatic rings. The normalized spacial score (nSPS) is 12.8. The van der Waals surface area contributed by atoms with Gasteiger partial charge in [-0.25, -0.2) is 9.59 Å². The topological polar surface area (TPSA) is 117 Å². The van der Waals surface area contributed by atoms with Gasteiger partial charge >= 0.3 is 11.9 Å². The maximum atomic E-state index is 13.2. The molecular formula is C26H25N3O7. The lowest BCUT2D eigenvalue weighted by Gasteiger charge is -2.20. The number of esters is 2. The summed E-state index contributed by atoms with van der Waals surface area (Å²) >= 11 is 0. The SMILES string of the molecule is COC(=O)c1cccc(C(=O)N2CCc3c(C(=O)OC)c(OCc4ccccn4)cc(=O)n3CC2)c1. The summed E-state index contributed by atoms with van der Waals surface area (Å²) in [4.78, 5) is 56.6. The second kappa shape index (κ2) is 10.9. The summed E-state index contributed by atoms with van der Waals surface area (Å²) in [6.45, 7) is 0.730. The minimum Gasteiger partial charge on any atom is -0.486 e. The van der Waals surface area contributed by atoms with Crippen LogP contribution in [-0.4, -0.2) is 59.6 Å². The van der Waals surface area contributed by atoms with Crippen molar-refractivity contribution in [1.29, 1.82) is 0 Å². The molecule has 0 saturated heterocycles. The number of amides is 1. The Balaban J connectivity index is 1.62. The van der Waals surface area contributed by atoms with Crippen LogP contribution in [0.15, 0.2) is 59.5 Å². The molecule has 36 heavy (non-hydrogen) atoms. The van der Waals surface area contributed by atoms with Gasteiger partial charge in [-0.2, -0.15) is 0 Å². The van der Waals surface area contributed by atoms with Gasteiger partial charge in [0.15, 0.2) is 0 Å². The molecule has 1 aliphatic heterocycles. The highest BCUT2D eigenvalue weighted by atomic mass is 16.5. The number of carbonyl (C=O) groups is 3. The van der Waals surface area contributed by atoms with Gasteiger partial charge in [0.1, 0.15) is 17.9 Å². The molecule has 2 aromatic heterocycles. The number of nitrogens with zero attached hydrogens (tertiary/aromatic N) is 3. The van der Waals surface area contributed by atoms with Crippen LogP contribution in [0.4, 0.5) is 0 Å². The van der Waals surface area contributed by atoms with Crippen LogP contribution in [0.2, 0.25) is 0 Å². The number of fused-ring (bicyclic) bond motifs is 1. The van der Waals surface area contributed by atoms with Gasteiger partial charge in [-0.05, 0) is 30.3 Å². The third-order valence-electron chi connectivity index (χ3n) is 5.90. The maximum Gasteiger partial charge on any atom is 0.343 e. The summed E-state index contributed by atoms with van der Waals surface area (Å²) in [6.07, 6.45) is 1.85. The molecule has 1 amide bonds. The van der Waals surface area contributed by atoms with Crippen LogP contribution >= 0.6 is 0 Å². The van der Waals surface area contributed by atoms with Crippen LogP contribution in [-0.2, 0) is 29.0 Å². The lowest BCUT2D eigenvalue weighted by atomic mass is 10.1. The van der Waals surface area contributed by atoms with Gasteiger partial charge < -0.3 is 23.7 Å². The molecule has 10 nitrogen and oxygen atoms in total. The molecule has 0 N–H and O–H groups in total. The first-order valence-corrected chi connectivity index (χ1v) is 11.3. The summed E-state index contributed by atoms with van der Waals surface area (Å²) in [5.41, 5.74) is 1.45. The number of methoxy groups -OCH3 is 2. The Labute approximate surface area is 207 Å². The monoisotopic (exact) mass is 491 g/mol. The van der Waals surface area contributed by atoms with Crippen molar-refractivity contribution < 1.29 is 28.6 Å². The highest BCUT2D eigenvalue weighted by Gasteiger charge is 2.28. The molecule has 4 rings (SSSR count). The van der Waals surface area contributed by atoms with E-state index in [4.69, 9.17) is 14.2 Å². The Hall–Kier alpha value is -4.47. The summed E-state index contributed by atoms with van der Waals surface area (Å²) < 4.78 is 17.0. The van der Waals surface area contributed by atoms with Crippen LogP contribution in [0, 0.1) is 0 Å². The Morgan fingerprint density at radius 2 is 1.69 bits per heavy atom. The van der Waals surface area contributed by atoms with E-state index < -0.39 is 11.9 Å². The minimum atomic E-state index is -0.639. The molecule has 3 heterocycles. The van der Waals surface area contributed by atoms with Crippen LogP contribution in [0.5, 0.6) is 5.75 Å². The van der Waals surface area contributed by atoms with Crippen molar-refractivity contribution in [2.75, 3.05) is 27.3 Å². The van der Waals surface area contributed by atoms with E-state index in [9.17, 15) is 19.2 Å². The van der Waals surface area contributed by atoms with Crippen molar-refractivity contribution >= 4 is 17.8 Å². The molecule has 1 aromatic carbocycles. The summed E-state index contributed by atoms with van der Waals surface area (Å²) in [6, 6.07) is 12.9. The smallest absolute Gasteiger partial charge is 0.343 e. The van der Waals surface area contributed by atoms with Crippen molar-refractivity contribution in [3.8, 4) is 5.75 Å². The second-order valence-corrected chi connectivity index (χ2v) is 8.04. The molecule has 0 fully saturated rings. The Morgan fingerprint density at radius 3 is 2.42 bits per heavy atom. The third kappa shape index (κ3) is 5.12. The second-order valence-electron chi connectivity index (χ2n) is 8.04. The van der Waals surface area contributed by atoms with E-state index in [-0.39, 0.29) is 61.0 Å². The standard InChI is InChI=1S/C26H25N3O7/c1-34-25(32)18-7-5-6-17(14-18)24(31)28-11-9-20-23(26(33)35-2)21(15-22(30)29(20)13-12-28)36-16-19-8-3-4-10-27-19/h3-8,10,14-15H,9,11-13,16H2,1-2H3. The van der Waals surface area contributed by atoms with Crippen LogP contribution < -0.4 is 10.3 Å². The van der Waals surface area contributed by atoms with Gasteiger partial charge in [0, 0.05) is 49.6 Å². The van der Waals surface area contributed by atoms with Gasteiger partial charge in [-0.1, -0.05) is 12.1 Å². The molecule has 0 atom stereocenters. The molecule has 0 bridgehead atoms. The molecule has 3 aromatic rings. The van der Waals surface area contributed by atoms with E-state index in [0.29, 0.717) is 17.0 Å². The van der Waals surface area contributed by atoms with Crippen molar-refractivity contribution in [3.05, 3.63) is 93.2 Å². The van der Waals surface area contributed by atoms with Crippen molar-refractivity contribution in [2.45, 2.75) is 19.6 Å². The first-order chi connectivity index (χ1) is 17.4. The molecule has 0 unspecified atom stereocenters. The van der Waals surface area contributed by atoms with Crippen molar-refractivity contribution in [3.63, 3.8) is 0 Å². The average molecular weight is 492 g/mol. The molecule has 10 heteroatoms. The molecule has 186 valence electrons. The zero-order chi connectivity index (χ0) is 25.7. The highest BCUT2D eigenvalue weighted by molar-refractivity contribution is 5.98. The Morgan fingerprint density at radius 1 is 0.917 bits per heavy atom. The predicted molar refractivity (Wildman–Crippen MR) is 128 cm³/mol. The number of ether oxygens (including phenoxy) is 3. The van der Waals surface area contributed by atoms with Gasteiger partial charge in [0.05, 0.1) is 25.5 Å². The molecule has 0 radical (unpaired) electrons. The number of hydrogen-bond acceptors (Lipinski definition) is 8. The van der Waals surface area contributed by atoms with Gasteiger partial charge in [-0.3, -0.25) is 14.6 Å². The van der Waals surface area contributed by atoms with E-state index in [1.807, 2.05) is 6.07 Å². The van der Waals surface area contributed by atoms with Crippen molar-refractivity contribution in [2.24, 2.45) is 0 Å².